The Morgan fingerprint density at radius 1 is 1.31 bits per heavy atom. The highest BCUT2D eigenvalue weighted by molar-refractivity contribution is 4.98. The second-order valence-corrected chi connectivity index (χ2v) is 4.65. The quantitative estimate of drug-likeness (QED) is 0.544. The van der Waals surface area contributed by atoms with Crippen molar-refractivity contribution in [2.24, 2.45) is 5.41 Å². The zero-order valence-corrected chi connectivity index (χ0v) is 8.42. The fourth-order valence-electron chi connectivity index (χ4n) is 2.73. The number of hydrogen-bond acceptors (Lipinski definition) is 2. The van der Waals surface area contributed by atoms with E-state index in [9.17, 15) is 0 Å². The fraction of sp³-hybridized carbons (Fsp3) is 0.818. The summed E-state index contributed by atoms with van der Waals surface area (Å²) in [5.74, 6) is 2.73. The molecular formula is C11H18N2. The third-order valence-electron chi connectivity index (χ3n) is 3.44. The molecule has 2 saturated heterocycles. The molecule has 0 amide bonds. The Morgan fingerprint density at radius 2 is 1.92 bits per heavy atom. The fourth-order valence-corrected chi connectivity index (χ4v) is 2.73. The highest BCUT2D eigenvalue weighted by atomic mass is 15.2. The molecule has 0 saturated carbocycles. The van der Waals surface area contributed by atoms with Crippen LogP contribution in [0.5, 0.6) is 0 Å². The van der Waals surface area contributed by atoms with Crippen LogP contribution in [0.1, 0.15) is 12.8 Å². The van der Waals surface area contributed by atoms with Crippen LogP contribution in [-0.4, -0.2) is 49.6 Å². The molecule has 0 unspecified atom stereocenters. The van der Waals surface area contributed by atoms with Crippen LogP contribution in [0.2, 0.25) is 0 Å². The minimum absolute atomic E-state index is 0.667. The third-order valence-corrected chi connectivity index (χ3v) is 3.44. The number of hydrogen-bond donors (Lipinski definition) is 0. The predicted molar refractivity (Wildman–Crippen MR) is 54.4 cm³/mol. The molecule has 2 heterocycles. The van der Waals surface area contributed by atoms with E-state index in [1.165, 1.54) is 39.0 Å². The Labute approximate surface area is 80.9 Å². The first kappa shape index (κ1) is 9.05. The molecule has 0 radical (unpaired) electrons. The maximum atomic E-state index is 5.30. The Kier molecular flexibility index (Phi) is 2.31. The first-order valence-corrected chi connectivity index (χ1v) is 5.08. The van der Waals surface area contributed by atoms with Crippen LogP contribution in [0.3, 0.4) is 0 Å². The molecule has 2 aliphatic heterocycles. The molecule has 13 heavy (non-hydrogen) atoms. The van der Waals surface area contributed by atoms with E-state index in [4.69, 9.17) is 6.42 Å². The Bertz CT molecular complexity index is 213. The van der Waals surface area contributed by atoms with Crippen LogP contribution in [0, 0.1) is 17.8 Å². The van der Waals surface area contributed by atoms with E-state index < -0.39 is 0 Å². The van der Waals surface area contributed by atoms with Crippen LogP contribution in [0.4, 0.5) is 0 Å². The highest BCUT2D eigenvalue weighted by Crippen LogP contribution is 2.39. The van der Waals surface area contributed by atoms with Crippen molar-refractivity contribution in [3.8, 4) is 12.3 Å². The molecule has 2 nitrogen and oxygen atoms in total. The molecule has 72 valence electrons. The monoisotopic (exact) mass is 178 g/mol. The lowest BCUT2D eigenvalue weighted by molar-refractivity contribution is -0.0287. The van der Waals surface area contributed by atoms with E-state index in [-0.39, 0.29) is 0 Å². The van der Waals surface area contributed by atoms with Gasteiger partial charge in [0, 0.05) is 13.1 Å². The van der Waals surface area contributed by atoms with Crippen molar-refractivity contribution in [3.63, 3.8) is 0 Å². The van der Waals surface area contributed by atoms with Gasteiger partial charge in [-0.15, -0.1) is 6.42 Å². The van der Waals surface area contributed by atoms with Crippen molar-refractivity contribution in [1.29, 1.82) is 0 Å². The summed E-state index contributed by atoms with van der Waals surface area (Å²) in [4.78, 5) is 4.81. The van der Waals surface area contributed by atoms with Crippen molar-refractivity contribution >= 4 is 0 Å². The SMILES string of the molecule is C#CCN1CCC2(CC1)CN(C)C2. The first-order chi connectivity index (χ1) is 6.24. The van der Waals surface area contributed by atoms with Gasteiger partial charge in [-0.05, 0) is 38.4 Å². The number of rotatable bonds is 1. The van der Waals surface area contributed by atoms with E-state index >= 15 is 0 Å². The predicted octanol–water partition coefficient (Wildman–Crippen LogP) is 0.647. The second-order valence-electron chi connectivity index (χ2n) is 4.65. The van der Waals surface area contributed by atoms with Gasteiger partial charge in [-0.2, -0.15) is 0 Å². The molecule has 1 spiro atoms. The normalized spacial score (nSPS) is 28.3. The molecule has 0 aromatic heterocycles. The lowest BCUT2D eigenvalue weighted by atomic mass is 9.72. The topological polar surface area (TPSA) is 6.48 Å². The van der Waals surface area contributed by atoms with Gasteiger partial charge in [0.2, 0.25) is 0 Å². The minimum Gasteiger partial charge on any atom is -0.305 e. The number of terminal acetylenes is 1. The van der Waals surface area contributed by atoms with Gasteiger partial charge in [0.15, 0.2) is 0 Å². The van der Waals surface area contributed by atoms with Gasteiger partial charge < -0.3 is 4.90 Å². The molecule has 0 aromatic carbocycles. The van der Waals surface area contributed by atoms with Crippen molar-refractivity contribution in [2.75, 3.05) is 39.8 Å². The number of likely N-dealkylation sites (tertiary alicyclic amines) is 2. The van der Waals surface area contributed by atoms with Gasteiger partial charge in [0.1, 0.15) is 0 Å². The Balaban J connectivity index is 1.80. The van der Waals surface area contributed by atoms with Gasteiger partial charge in [-0.25, -0.2) is 0 Å². The average molecular weight is 178 g/mol. The molecule has 0 atom stereocenters. The second kappa shape index (κ2) is 3.32. The molecule has 2 aliphatic rings. The van der Waals surface area contributed by atoms with E-state index in [2.05, 4.69) is 22.8 Å². The summed E-state index contributed by atoms with van der Waals surface area (Å²) in [5.41, 5.74) is 0.667. The Hall–Kier alpha value is -0.520. The molecule has 0 bridgehead atoms. The van der Waals surface area contributed by atoms with Crippen molar-refractivity contribution in [2.45, 2.75) is 12.8 Å². The first-order valence-electron chi connectivity index (χ1n) is 5.08. The molecule has 2 heteroatoms. The van der Waals surface area contributed by atoms with E-state index in [1.807, 2.05) is 0 Å². The van der Waals surface area contributed by atoms with Crippen LogP contribution in [-0.2, 0) is 0 Å². The van der Waals surface area contributed by atoms with Gasteiger partial charge in [-0.3, -0.25) is 4.90 Å². The maximum Gasteiger partial charge on any atom is 0.0598 e. The zero-order chi connectivity index (χ0) is 9.31. The van der Waals surface area contributed by atoms with Crippen molar-refractivity contribution in [3.05, 3.63) is 0 Å². The summed E-state index contributed by atoms with van der Waals surface area (Å²) >= 11 is 0. The molecular weight excluding hydrogens is 160 g/mol. The molecule has 0 aliphatic carbocycles. The van der Waals surface area contributed by atoms with Crippen LogP contribution in [0.25, 0.3) is 0 Å². The molecule has 2 fully saturated rings. The van der Waals surface area contributed by atoms with Crippen LogP contribution < -0.4 is 0 Å². The summed E-state index contributed by atoms with van der Waals surface area (Å²) < 4.78 is 0. The lowest BCUT2D eigenvalue weighted by Gasteiger charge is -2.52. The maximum absolute atomic E-state index is 5.30. The largest absolute Gasteiger partial charge is 0.305 e. The van der Waals surface area contributed by atoms with Gasteiger partial charge in [0.05, 0.1) is 6.54 Å². The molecule has 2 rings (SSSR count). The smallest absolute Gasteiger partial charge is 0.0598 e. The molecule has 0 aromatic rings. The van der Waals surface area contributed by atoms with Crippen molar-refractivity contribution < 1.29 is 0 Å². The zero-order valence-electron chi connectivity index (χ0n) is 8.42. The standard InChI is InChI=1S/C11H18N2/c1-3-6-13-7-4-11(5-8-13)9-12(2)10-11/h1H,4-10H2,2H3. The lowest BCUT2D eigenvalue weighted by Crippen LogP contribution is -2.58. The summed E-state index contributed by atoms with van der Waals surface area (Å²) in [5, 5.41) is 0. The molecule has 0 N–H and O–H groups in total. The van der Waals surface area contributed by atoms with E-state index in [1.54, 1.807) is 0 Å². The van der Waals surface area contributed by atoms with Gasteiger partial charge in [-0.1, -0.05) is 5.92 Å². The van der Waals surface area contributed by atoms with Crippen LogP contribution >= 0.6 is 0 Å². The number of piperidine rings is 1. The van der Waals surface area contributed by atoms with E-state index in [0.717, 1.165) is 6.54 Å². The van der Waals surface area contributed by atoms with Crippen molar-refractivity contribution in [1.82, 2.24) is 9.80 Å². The highest BCUT2D eigenvalue weighted by Gasteiger charge is 2.42. The van der Waals surface area contributed by atoms with Gasteiger partial charge >= 0.3 is 0 Å². The third kappa shape index (κ3) is 1.72. The Morgan fingerprint density at radius 3 is 2.38 bits per heavy atom. The van der Waals surface area contributed by atoms with Gasteiger partial charge in [0.25, 0.3) is 0 Å². The average Bonchev–Trinajstić information content (AvgIpc) is 2.07. The summed E-state index contributed by atoms with van der Waals surface area (Å²) in [7, 11) is 2.21. The summed E-state index contributed by atoms with van der Waals surface area (Å²) in [6.45, 7) is 5.86. The summed E-state index contributed by atoms with van der Waals surface area (Å²) in [6.07, 6.45) is 7.99. The van der Waals surface area contributed by atoms with Crippen LogP contribution in [0.15, 0.2) is 0 Å². The minimum atomic E-state index is 0.667. The summed E-state index contributed by atoms with van der Waals surface area (Å²) in [6, 6.07) is 0. The van der Waals surface area contributed by atoms with E-state index in [0.29, 0.717) is 5.41 Å². The number of nitrogens with zero attached hydrogens (tertiary/aromatic N) is 2.